The number of aromatic nitrogens is 4. The Morgan fingerprint density at radius 2 is 1.96 bits per heavy atom. The molecule has 0 unspecified atom stereocenters. The van der Waals surface area contributed by atoms with Gasteiger partial charge >= 0.3 is 0 Å². The summed E-state index contributed by atoms with van der Waals surface area (Å²) in [5, 5.41) is 11.2. The molecule has 0 amide bonds. The Balaban J connectivity index is 1.78. The molecule has 3 aromatic rings. The summed E-state index contributed by atoms with van der Waals surface area (Å²) in [6.45, 7) is 1.89. The predicted molar refractivity (Wildman–Crippen MR) is 86.8 cm³/mol. The number of nitrogens with one attached hydrogen (secondary N) is 1. The van der Waals surface area contributed by atoms with Crippen LogP contribution >= 0.6 is 11.3 Å². The second kappa shape index (κ2) is 6.75. The molecule has 10 heteroatoms. The Morgan fingerprint density at radius 1 is 1.21 bits per heavy atom. The Kier molecular flexibility index (Phi) is 4.69. The molecule has 0 aliphatic rings. The number of hydrogen-bond acceptors (Lipinski definition) is 6. The van der Waals surface area contributed by atoms with Crippen LogP contribution in [0.3, 0.4) is 0 Å². The number of tetrazole rings is 1. The zero-order valence-electron chi connectivity index (χ0n) is 12.7. The van der Waals surface area contributed by atoms with E-state index < -0.39 is 10.0 Å². The topological polar surface area (TPSA) is 89.8 Å². The lowest BCUT2D eigenvalue weighted by Crippen LogP contribution is -2.24. The Bertz CT molecular complexity index is 934. The third-order valence-corrected chi connectivity index (χ3v) is 6.40. The molecule has 2 heterocycles. The van der Waals surface area contributed by atoms with Gasteiger partial charge in [-0.2, -0.15) is 4.68 Å². The average molecular weight is 367 g/mol. The SMILES string of the molecule is CCc1ccc(S(=O)(=O)NCc2nnnn2-c2ccc(F)cc2)s1. The van der Waals surface area contributed by atoms with Crippen molar-refractivity contribution >= 4 is 21.4 Å². The van der Waals surface area contributed by atoms with Gasteiger partial charge in [0.25, 0.3) is 0 Å². The molecule has 126 valence electrons. The molecule has 0 atom stereocenters. The lowest BCUT2D eigenvalue weighted by atomic mass is 10.3. The molecule has 7 nitrogen and oxygen atoms in total. The fraction of sp³-hybridized carbons (Fsp3) is 0.214. The van der Waals surface area contributed by atoms with Gasteiger partial charge in [0.2, 0.25) is 10.0 Å². The van der Waals surface area contributed by atoms with Crippen LogP contribution in [0.5, 0.6) is 0 Å². The normalized spacial score (nSPS) is 11.8. The Hall–Kier alpha value is -2.17. The van der Waals surface area contributed by atoms with E-state index in [1.165, 1.54) is 40.3 Å². The Labute approximate surface area is 142 Å². The van der Waals surface area contributed by atoms with E-state index in [0.29, 0.717) is 11.5 Å². The molecule has 0 radical (unpaired) electrons. The average Bonchev–Trinajstić information content (AvgIpc) is 3.23. The second-order valence-electron chi connectivity index (χ2n) is 4.88. The molecule has 24 heavy (non-hydrogen) atoms. The van der Waals surface area contributed by atoms with Crippen LogP contribution in [0.25, 0.3) is 5.69 Å². The molecule has 0 fully saturated rings. The molecule has 0 saturated heterocycles. The summed E-state index contributed by atoms with van der Waals surface area (Å²) in [5.74, 6) is -0.0732. The number of thiophene rings is 1. The van der Waals surface area contributed by atoms with Gasteiger partial charge in [0.1, 0.15) is 10.0 Å². The minimum atomic E-state index is -3.63. The van der Waals surface area contributed by atoms with Gasteiger partial charge in [-0.25, -0.2) is 17.5 Å². The van der Waals surface area contributed by atoms with Crippen LogP contribution < -0.4 is 4.72 Å². The zero-order chi connectivity index (χ0) is 17.2. The third kappa shape index (κ3) is 3.50. The van der Waals surface area contributed by atoms with Crippen LogP contribution in [0.15, 0.2) is 40.6 Å². The van der Waals surface area contributed by atoms with Crippen molar-refractivity contribution < 1.29 is 12.8 Å². The first-order valence-corrected chi connectivity index (χ1v) is 9.41. The molecular weight excluding hydrogens is 353 g/mol. The van der Waals surface area contributed by atoms with E-state index in [2.05, 4.69) is 20.2 Å². The van der Waals surface area contributed by atoms with E-state index in [1.54, 1.807) is 12.1 Å². The molecule has 0 saturated carbocycles. The van der Waals surface area contributed by atoms with Crippen LogP contribution in [0, 0.1) is 5.82 Å². The molecule has 0 bridgehead atoms. The summed E-state index contributed by atoms with van der Waals surface area (Å²) in [7, 11) is -3.63. The van der Waals surface area contributed by atoms with Crippen LogP contribution in [0.2, 0.25) is 0 Å². The van der Waals surface area contributed by atoms with Crippen molar-refractivity contribution in [3.05, 3.63) is 52.9 Å². The summed E-state index contributed by atoms with van der Waals surface area (Å²) in [6, 6.07) is 8.95. The highest BCUT2D eigenvalue weighted by molar-refractivity contribution is 7.91. The van der Waals surface area contributed by atoms with Crippen molar-refractivity contribution in [1.82, 2.24) is 24.9 Å². The summed E-state index contributed by atoms with van der Waals surface area (Å²) < 4.78 is 41.7. The van der Waals surface area contributed by atoms with Crippen molar-refractivity contribution in [2.24, 2.45) is 0 Å². The van der Waals surface area contributed by atoms with Gasteiger partial charge in [-0.05, 0) is 53.2 Å². The van der Waals surface area contributed by atoms with Crippen LogP contribution in [-0.2, 0) is 23.0 Å². The van der Waals surface area contributed by atoms with E-state index in [-0.39, 0.29) is 16.6 Å². The second-order valence-corrected chi connectivity index (χ2v) is 8.04. The van der Waals surface area contributed by atoms with Gasteiger partial charge in [0, 0.05) is 4.88 Å². The summed E-state index contributed by atoms with van der Waals surface area (Å²) >= 11 is 1.23. The van der Waals surface area contributed by atoms with Gasteiger partial charge in [0.15, 0.2) is 5.82 Å². The van der Waals surface area contributed by atoms with Gasteiger partial charge < -0.3 is 0 Å². The molecule has 2 aromatic heterocycles. The van der Waals surface area contributed by atoms with Crippen molar-refractivity contribution in [3.8, 4) is 5.69 Å². The number of nitrogens with zero attached hydrogens (tertiary/aromatic N) is 4. The van der Waals surface area contributed by atoms with Gasteiger partial charge in [-0.1, -0.05) is 6.92 Å². The third-order valence-electron chi connectivity index (χ3n) is 3.28. The first-order chi connectivity index (χ1) is 11.5. The molecule has 0 aliphatic carbocycles. The van der Waals surface area contributed by atoms with E-state index in [1.807, 2.05) is 6.92 Å². The fourth-order valence-corrected chi connectivity index (χ4v) is 4.34. The number of sulfonamides is 1. The number of halogens is 1. The van der Waals surface area contributed by atoms with Gasteiger partial charge in [0.05, 0.1) is 12.2 Å². The van der Waals surface area contributed by atoms with E-state index in [9.17, 15) is 12.8 Å². The standard InChI is InChI=1S/C14H14FN5O2S2/c1-2-12-7-8-14(23-12)24(21,22)16-9-13-17-18-19-20(13)11-5-3-10(15)4-6-11/h3-8,16H,2,9H2,1H3. The van der Waals surface area contributed by atoms with E-state index in [0.717, 1.165) is 11.3 Å². The maximum absolute atomic E-state index is 13.0. The quantitative estimate of drug-likeness (QED) is 0.719. The zero-order valence-corrected chi connectivity index (χ0v) is 14.3. The number of hydrogen-bond donors (Lipinski definition) is 1. The lowest BCUT2D eigenvalue weighted by molar-refractivity contribution is 0.580. The minimum absolute atomic E-state index is 0.0773. The summed E-state index contributed by atoms with van der Waals surface area (Å²) in [5.41, 5.74) is 0.542. The molecule has 3 rings (SSSR count). The van der Waals surface area contributed by atoms with Gasteiger partial charge in [-0.15, -0.1) is 16.4 Å². The lowest BCUT2D eigenvalue weighted by Gasteiger charge is -2.06. The Morgan fingerprint density at radius 3 is 2.62 bits per heavy atom. The molecule has 1 aromatic carbocycles. The monoisotopic (exact) mass is 367 g/mol. The largest absolute Gasteiger partial charge is 0.250 e. The fourth-order valence-electron chi connectivity index (χ4n) is 2.02. The molecular formula is C14H14FN5O2S2. The number of benzene rings is 1. The van der Waals surface area contributed by atoms with Crippen LogP contribution in [-0.4, -0.2) is 28.6 Å². The van der Waals surface area contributed by atoms with Crippen molar-refractivity contribution in [2.45, 2.75) is 24.1 Å². The number of aryl methyl sites for hydroxylation is 1. The van der Waals surface area contributed by atoms with Crippen molar-refractivity contribution in [1.29, 1.82) is 0 Å². The number of rotatable bonds is 6. The van der Waals surface area contributed by atoms with Crippen molar-refractivity contribution in [3.63, 3.8) is 0 Å². The highest BCUT2D eigenvalue weighted by Gasteiger charge is 2.18. The maximum Gasteiger partial charge on any atom is 0.250 e. The van der Waals surface area contributed by atoms with Crippen LogP contribution in [0.1, 0.15) is 17.6 Å². The first-order valence-electron chi connectivity index (χ1n) is 7.11. The highest BCUT2D eigenvalue weighted by atomic mass is 32.2. The first kappa shape index (κ1) is 16.7. The van der Waals surface area contributed by atoms with Gasteiger partial charge in [-0.3, -0.25) is 0 Å². The smallest absolute Gasteiger partial charge is 0.207 e. The van der Waals surface area contributed by atoms with E-state index in [4.69, 9.17) is 0 Å². The molecule has 1 N–H and O–H groups in total. The highest BCUT2D eigenvalue weighted by Crippen LogP contribution is 2.22. The summed E-state index contributed by atoms with van der Waals surface area (Å²) in [4.78, 5) is 0.992. The predicted octanol–water partition coefficient (Wildman–Crippen LogP) is 1.90. The van der Waals surface area contributed by atoms with Crippen molar-refractivity contribution in [2.75, 3.05) is 0 Å². The minimum Gasteiger partial charge on any atom is -0.207 e. The van der Waals surface area contributed by atoms with Crippen LogP contribution in [0.4, 0.5) is 4.39 Å². The summed E-state index contributed by atoms with van der Waals surface area (Å²) in [6.07, 6.45) is 0.781. The maximum atomic E-state index is 13.0. The van der Waals surface area contributed by atoms with E-state index >= 15 is 0 Å². The molecule has 0 aliphatic heterocycles. The molecule has 0 spiro atoms.